The molecule has 1 aliphatic carbocycles. The number of hydrogen-bond donors (Lipinski definition) is 0. The highest BCUT2D eigenvalue weighted by Gasteiger charge is 2.53. The lowest BCUT2D eigenvalue weighted by Crippen LogP contribution is -2.37. The average molecular weight is 329 g/mol. The van der Waals surface area contributed by atoms with E-state index < -0.39 is 10.0 Å². The van der Waals surface area contributed by atoms with Gasteiger partial charge in [0, 0.05) is 25.0 Å². The number of nitrogens with zero attached hydrogens (tertiary/aromatic N) is 2. The molecule has 1 saturated carbocycles. The van der Waals surface area contributed by atoms with Gasteiger partial charge in [0.1, 0.15) is 4.90 Å². The van der Waals surface area contributed by atoms with Crippen molar-refractivity contribution >= 4 is 21.6 Å². The Kier molecular flexibility index (Phi) is 3.39. The predicted octanol–water partition coefficient (Wildman–Crippen LogP) is 3.32. The van der Waals surface area contributed by atoms with Crippen molar-refractivity contribution in [2.75, 3.05) is 6.54 Å². The Morgan fingerprint density at radius 1 is 1.33 bits per heavy atom. The Morgan fingerprint density at radius 3 is 2.71 bits per heavy atom. The van der Waals surface area contributed by atoms with Crippen LogP contribution >= 0.6 is 11.6 Å². The minimum absolute atomic E-state index is 0.0637. The molecular weight excluding hydrogens is 308 g/mol. The second kappa shape index (κ2) is 4.67. The van der Waals surface area contributed by atoms with Gasteiger partial charge in [-0.15, -0.1) is 0 Å². The first-order valence-electron chi connectivity index (χ1n) is 7.24. The zero-order chi connectivity index (χ0) is 15.5. The smallest absolute Gasteiger partial charge is 0.246 e. The van der Waals surface area contributed by atoms with Gasteiger partial charge in [-0.05, 0) is 36.2 Å². The topological polar surface area (TPSA) is 50.3 Å². The van der Waals surface area contributed by atoms with Gasteiger partial charge in [-0.1, -0.05) is 32.4 Å². The number of sulfonamides is 1. The fraction of sp³-hybridized carbons (Fsp3) is 0.667. The second-order valence-corrected chi connectivity index (χ2v) is 9.84. The molecule has 2 bridgehead atoms. The molecule has 2 atom stereocenters. The molecule has 3 rings (SSSR count). The molecule has 0 radical (unpaired) electrons. The van der Waals surface area contributed by atoms with Crippen LogP contribution in [-0.2, 0) is 10.0 Å². The van der Waals surface area contributed by atoms with E-state index in [1.807, 2.05) is 0 Å². The fourth-order valence-electron chi connectivity index (χ4n) is 4.37. The van der Waals surface area contributed by atoms with Crippen LogP contribution in [0.4, 0.5) is 0 Å². The lowest BCUT2D eigenvalue weighted by atomic mass is 9.65. The second-order valence-electron chi connectivity index (χ2n) is 7.57. The number of fused-ring (bicyclic) bond motifs is 2. The van der Waals surface area contributed by atoms with Crippen molar-refractivity contribution in [2.24, 2.45) is 10.8 Å². The van der Waals surface area contributed by atoms with E-state index in [2.05, 4.69) is 25.8 Å². The van der Waals surface area contributed by atoms with E-state index in [9.17, 15) is 8.42 Å². The van der Waals surface area contributed by atoms with Gasteiger partial charge in [-0.3, -0.25) is 4.98 Å². The normalized spacial score (nSPS) is 32.3. The van der Waals surface area contributed by atoms with Gasteiger partial charge in [0.15, 0.2) is 0 Å². The Morgan fingerprint density at radius 2 is 2.05 bits per heavy atom. The molecule has 0 aromatic carbocycles. The van der Waals surface area contributed by atoms with Crippen molar-refractivity contribution in [1.82, 2.24) is 9.29 Å². The summed E-state index contributed by atoms with van der Waals surface area (Å²) < 4.78 is 27.6. The van der Waals surface area contributed by atoms with Crippen molar-refractivity contribution in [1.29, 1.82) is 0 Å². The summed E-state index contributed by atoms with van der Waals surface area (Å²) in [4.78, 5) is 4.05. The maximum atomic E-state index is 13.0. The van der Waals surface area contributed by atoms with Gasteiger partial charge in [0.25, 0.3) is 0 Å². The summed E-state index contributed by atoms with van der Waals surface area (Å²) in [7, 11) is -3.57. The van der Waals surface area contributed by atoms with Crippen LogP contribution < -0.4 is 0 Å². The van der Waals surface area contributed by atoms with Gasteiger partial charge in [0.2, 0.25) is 10.0 Å². The lowest BCUT2D eigenvalue weighted by Gasteiger charge is -2.39. The third kappa shape index (κ3) is 2.60. The van der Waals surface area contributed by atoms with Crippen molar-refractivity contribution in [3.05, 3.63) is 23.5 Å². The van der Waals surface area contributed by atoms with E-state index in [1.54, 1.807) is 4.31 Å². The summed E-state index contributed by atoms with van der Waals surface area (Å²) in [6.45, 7) is 7.23. The predicted molar refractivity (Wildman–Crippen MR) is 82.7 cm³/mol. The van der Waals surface area contributed by atoms with E-state index in [1.165, 1.54) is 18.5 Å². The monoisotopic (exact) mass is 328 g/mol. The summed E-state index contributed by atoms with van der Waals surface area (Å²) in [6, 6.07) is 1.60. The first-order valence-corrected chi connectivity index (χ1v) is 9.06. The van der Waals surface area contributed by atoms with Gasteiger partial charge in [-0.2, -0.15) is 4.31 Å². The van der Waals surface area contributed by atoms with E-state index in [0.717, 1.165) is 19.3 Å². The Balaban J connectivity index is 2.00. The molecule has 4 nitrogen and oxygen atoms in total. The van der Waals surface area contributed by atoms with Crippen LogP contribution in [0.25, 0.3) is 0 Å². The fourth-order valence-corrected chi connectivity index (χ4v) is 6.55. The third-order valence-corrected chi connectivity index (χ3v) is 7.06. The molecule has 2 aliphatic rings. The highest BCUT2D eigenvalue weighted by molar-refractivity contribution is 7.89. The molecule has 116 valence electrons. The zero-order valence-corrected chi connectivity index (χ0v) is 14.2. The number of aromatic nitrogens is 1. The van der Waals surface area contributed by atoms with Crippen LogP contribution in [0.1, 0.15) is 40.0 Å². The van der Waals surface area contributed by atoms with Crippen molar-refractivity contribution in [3.8, 4) is 0 Å². The van der Waals surface area contributed by atoms with Gasteiger partial charge >= 0.3 is 0 Å². The molecule has 0 N–H and O–H groups in total. The molecule has 0 amide bonds. The quantitative estimate of drug-likeness (QED) is 0.836. The summed E-state index contributed by atoms with van der Waals surface area (Å²) in [5.74, 6) is 0. The SMILES string of the molecule is CC1(C)CC2CC(C)(CN2S(=O)(=O)c2cnccc2Cl)C1. The molecule has 1 aromatic heterocycles. The minimum Gasteiger partial charge on any atom is -0.263 e. The molecule has 2 fully saturated rings. The standard InChI is InChI=1S/C15H21ClN2O2S/c1-14(2)6-11-7-15(3,9-14)10-18(11)21(19,20)13-8-17-5-4-12(13)16/h4-5,8,11H,6-7,9-10H2,1-3H3. The maximum Gasteiger partial charge on any atom is 0.246 e. The van der Waals surface area contributed by atoms with Gasteiger partial charge in [0.05, 0.1) is 5.02 Å². The van der Waals surface area contributed by atoms with Crippen LogP contribution in [0.2, 0.25) is 5.02 Å². The van der Waals surface area contributed by atoms with Crippen molar-refractivity contribution < 1.29 is 8.42 Å². The Hall–Kier alpha value is -0.650. The van der Waals surface area contributed by atoms with E-state index in [4.69, 9.17) is 11.6 Å². The number of rotatable bonds is 2. The first kappa shape index (κ1) is 15.3. The first-order chi connectivity index (χ1) is 9.63. The molecule has 1 saturated heterocycles. The molecule has 1 aromatic rings. The highest BCUT2D eigenvalue weighted by atomic mass is 35.5. The molecule has 2 unspecified atom stereocenters. The van der Waals surface area contributed by atoms with E-state index in [-0.39, 0.29) is 26.8 Å². The largest absolute Gasteiger partial charge is 0.263 e. The van der Waals surface area contributed by atoms with Gasteiger partial charge in [-0.25, -0.2) is 8.42 Å². The van der Waals surface area contributed by atoms with Crippen LogP contribution in [0.5, 0.6) is 0 Å². The maximum absolute atomic E-state index is 13.0. The van der Waals surface area contributed by atoms with Crippen LogP contribution in [-0.4, -0.2) is 30.3 Å². The minimum atomic E-state index is -3.57. The Bertz CT molecular complexity index is 674. The molecule has 1 aliphatic heterocycles. The average Bonchev–Trinajstić information content (AvgIpc) is 2.59. The van der Waals surface area contributed by atoms with Gasteiger partial charge < -0.3 is 0 Å². The lowest BCUT2D eigenvalue weighted by molar-refractivity contribution is 0.133. The Labute approximate surface area is 131 Å². The third-order valence-electron chi connectivity index (χ3n) is 4.69. The summed E-state index contributed by atoms with van der Waals surface area (Å²) >= 11 is 6.07. The highest BCUT2D eigenvalue weighted by Crippen LogP contribution is 2.53. The summed E-state index contributed by atoms with van der Waals surface area (Å²) in [5.41, 5.74) is 0.245. The molecule has 6 heteroatoms. The van der Waals surface area contributed by atoms with E-state index in [0.29, 0.717) is 6.54 Å². The van der Waals surface area contributed by atoms with Crippen LogP contribution in [0.15, 0.2) is 23.4 Å². The van der Waals surface area contributed by atoms with Crippen molar-refractivity contribution in [2.45, 2.75) is 51.0 Å². The number of halogens is 1. The zero-order valence-electron chi connectivity index (χ0n) is 12.6. The number of hydrogen-bond acceptors (Lipinski definition) is 3. The van der Waals surface area contributed by atoms with Crippen LogP contribution in [0, 0.1) is 10.8 Å². The summed E-state index contributed by atoms with van der Waals surface area (Å²) in [6.07, 6.45) is 5.76. The van der Waals surface area contributed by atoms with E-state index >= 15 is 0 Å². The number of pyridine rings is 1. The molecule has 0 spiro atoms. The molecule has 21 heavy (non-hydrogen) atoms. The summed E-state index contributed by atoms with van der Waals surface area (Å²) in [5, 5.41) is 0.246. The van der Waals surface area contributed by atoms with Crippen molar-refractivity contribution in [3.63, 3.8) is 0 Å². The van der Waals surface area contributed by atoms with Crippen LogP contribution in [0.3, 0.4) is 0 Å². The molecule has 2 heterocycles. The molecular formula is C15H21ClN2O2S.